The monoisotopic (exact) mass is 615 g/mol. The van der Waals surface area contributed by atoms with Crippen LogP contribution in [0.4, 0.5) is 13.2 Å². The van der Waals surface area contributed by atoms with Crippen molar-refractivity contribution >= 4 is 13.9 Å². The van der Waals surface area contributed by atoms with Crippen molar-refractivity contribution in [3.05, 3.63) is 69.5 Å². The Labute approximate surface area is 256 Å². The fourth-order valence-electron chi connectivity index (χ4n) is 7.06. The van der Waals surface area contributed by atoms with E-state index in [0.717, 1.165) is 53.1 Å². The Hall–Kier alpha value is -2.00. The topological polar surface area (TPSA) is 51.6 Å². The van der Waals surface area contributed by atoms with Gasteiger partial charge in [-0.15, -0.1) is 0 Å². The van der Waals surface area contributed by atoms with Crippen LogP contribution in [0.5, 0.6) is 0 Å². The molecule has 1 N–H and O–H groups in total. The summed E-state index contributed by atoms with van der Waals surface area (Å²) in [6.07, 6.45) is 3.68. The second kappa shape index (κ2) is 11.7. The van der Waals surface area contributed by atoms with Crippen molar-refractivity contribution in [1.29, 1.82) is 0 Å². The van der Waals surface area contributed by atoms with Crippen molar-refractivity contribution in [3.63, 3.8) is 0 Å². The third-order valence-electron chi connectivity index (χ3n) is 10.4. The molecule has 0 bridgehead atoms. The van der Waals surface area contributed by atoms with E-state index in [9.17, 15) is 18.3 Å². The number of hydrogen-bond acceptors (Lipinski definition) is 4. The van der Waals surface area contributed by atoms with Crippen molar-refractivity contribution in [2.75, 3.05) is 13.2 Å². The van der Waals surface area contributed by atoms with Crippen molar-refractivity contribution in [3.8, 4) is 0 Å². The molecule has 2 aromatic rings. The molecule has 0 amide bonds. The van der Waals surface area contributed by atoms with Crippen LogP contribution in [0.25, 0.3) is 5.57 Å². The molecule has 0 radical (unpaired) electrons. The van der Waals surface area contributed by atoms with Gasteiger partial charge in [-0.2, -0.15) is 13.2 Å². The molecule has 1 aromatic carbocycles. The highest BCUT2D eigenvalue weighted by Gasteiger charge is 2.48. The molecule has 1 spiro atoms. The van der Waals surface area contributed by atoms with Crippen LogP contribution in [0.15, 0.2) is 30.3 Å². The number of alkyl halides is 3. The first-order valence-electron chi connectivity index (χ1n) is 15.9. The van der Waals surface area contributed by atoms with E-state index in [1.807, 2.05) is 0 Å². The van der Waals surface area contributed by atoms with E-state index < -0.39 is 26.2 Å². The first kappa shape index (κ1) is 32.4. The van der Waals surface area contributed by atoms with E-state index in [1.165, 1.54) is 37.8 Å². The molecule has 2 atom stereocenters. The number of rotatable bonds is 6. The summed E-state index contributed by atoms with van der Waals surface area (Å²) in [5.74, 6) is 0.00445. The van der Waals surface area contributed by atoms with Gasteiger partial charge < -0.3 is 14.3 Å². The van der Waals surface area contributed by atoms with E-state index in [2.05, 4.69) is 53.8 Å². The van der Waals surface area contributed by atoms with Crippen LogP contribution in [0.2, 0.25) is 18.1 Å². The summed E-state index contributed by atoms with van der Waals surface area (Å²) in [6.45, 7) is 16.6. The van der Waals surface area contributed by atoms with Gasteiger partial charge in [0.15, 0.2) is 8.32 Å². The molecule has 1 fully saturated rings. The van der Waals surface area contributed by atoms with Gasteiger partial charge in [-0.1, -0.05) is 65.7 Å². The average Bonchev–Trinajstić information content (AvgIpc) is 3.37. The molecule has 1 unspecified atom stereocenters. The molecule has 1 aromatic heterocycles. The SMILES string of the molecule is CC(C)c1nc2c(c(C3=CCOCC3)c1[C@H](O)c1ccc(C(F)(F)F)cc1)C(O[Si](C)(C)C(C)(C)C)CC1(CCCC1)C2. The van der Waals surface area contributed by atoms with E-state index in [1.54, 1.807) is 0 Å². The lowest BCUT2D eigenvalue weighted by atomic mass is 9.68. The molecule has 8 heteroatoms. The van der Waals surface area contributed by atoms with Gasteiger partial charge in [-0.3, -0.25) is 4.98 Å². The second-order valence-electron chi connectivity index (χ2n) is 14.8. The second-order valence-corrected chi connectivity index (χ2v) is 19.6. The third-order valence-corrected chi connectivity index (χ3v) is 14.9. The number of aromatic nitrogens is 1. The van der Waals surface area contributed by atoms with Crippen LogP contribution in [-0.2, 0) is 21.8 Å². The Morgan fingerprint density at radius 2 is 1.72 bits per heavy atom. The van der Waals surface area contributed by atoms with E-state index in [0.29, 0.717) is 30.8 Å². The molecule has 1 saturated carbocycles. The lowest BCUT2D eigenvalue weighted by molar-refractivity contribution is -0.137. The van der Waals surface area contributed by atoms with Crippen molar-refractivity contribution < 1.29 is 27.4 Å². The molecule has 4 nitrogen and oxygen atoms in total. The van der Waals surface area contributed by atoms with Crippen LogP contribution in [0, 0.1) is 5.41 Å². The van der Waals surface area contributed by atoms with Crippen molar-refractivity contribution in [2.45, 2.75) is 122 Å². The van der Waals surface area contributed by atoms with Gasteiger partial charge in [0.2, 0.25) is 0 Å². The maximum Gasteiger partial charge on any atom is 0.416 e. The van der Waals surface area contributed by atoms with Crippen molar-refractivity contribution in [2.24, 2.45) is 5.41 Å². The van der Waals surface area contributed by atoms with Gasteiger partial charge >= 0.3 is 6.18 Å². The number of halogens is 3. The summed E-state index contributed by atoms with van der Waals surface area (Å²) < 4.78 is 53.2. The van der Waals surface area contributed by atoms with Gasteiger partial charge in [0, 0.05) is 22.5 Å². The molecular weight excluding hydrogens is 567 g/mol. The van der Waals surface area contributed by atoms with Crippen LogP contribution in [0.1, 0.15) is 130 Å². The van der Waals surface area contributed by atoms with Crippen LogP contribution < -0.4 is 0 Å². The summed E-state index contributed by atoms with van der Waals surface area (Å²) in [5, 5.41) is 12.1. The summed E-state index contributed by atoms with van der Waals surface area (Å²) in [6, 6.07) is 4.91. The Kier molecular flexibility index (Phi) is 8.84. The predicted molar refractivity (Wildman–Crippen MR) is 167 cm³/mol. The maximum absolute atomic E-state index is 13.4. The van der Waals surface area contributed by atoms with Gasteiger partial charge in [0.05, 0.1) is 24.9 Å². The molecular formula is C35H48F3NO3Si. The number of pyridine rings is 1. The summed E-state index contributed by atoms with van der Waals surface area (Å²) >= 11 is 0. The summed E-state index contributed by atoms with van der Waals surface area (Å²) in [5.41, 5.74) is 5.63. The number of fused-ring (bicyclic) bond motifs is 1. The van der Waals surface area contributed by atoms with Gasteiger partial charge in [0.25, 0.3) is 0 Å². The fourth-order valence-corrected chi connectivity index (χ4v) is 8.33. The number of aliphatic hydroxyl groups excluding tert-OH is 1. The Morgan fingerprint density at radius 3 is 2.26 bits per heavy atom. The number of ether oxygens (including phenoxy) is 1. The zero-order valence-corrected chi connectivity index (χ0v) is 27.8. The zero-order chi connectivity index (χ0) is 31.4. The Bertz CT molecular complexity index is 1350. The number of aliphatic hydroxyl groups is 1. The highest BCUT2D eigenvalue weighted by atomic mass is 28.4. The maximum atomic E-state index is 13.4. The molecule has 2 heterocycles. The number of hydrogen-bond donors (Lipinski definition) is 1. The van der Waals surface area contributed by atoms with Gasteiger partial charge in [-0.05, 0) is 90.4 Å². The number of nitrogens with zero attached hydrogens (tertiary/aromatic N) is 1. The van der Waals surface area contributed by atoms with E-state index in [-0.39, 0.29) is 22.5 Å². The lowest BCUT2D eigenvalue weighted by Crippen LogP contribution is -2.44. The Balaban J connectivity index is 1.76. The molecule has 2 aliphatic carbocycles. The molecule has 5 rings (SSSR count). The van der Waals surface area contributed by atoms with Crippen molar-refractivity contribution in [1.82, 2.24) is 4.98 Å². The van der Waals surface area contributed by atoms with E-state index in [4.69, 9.17) is 14.1 Å². The third kappa shape index (κ3) is 6.40. The highest BCUT2D eigenvalue weighted by Crippen LogP contribution is 2.56. The summed E-state index contributed by atoms with van der Waals surface area (Å²) in [7, 11) is -2.21. The minimum atomic E-state index is -4.44. The van der Waals surface area contributed by atoms with Crippen LogP contribution >= 0.6 is 0 Å². The molecule has 3 aliphatic rings. The quantitative estimate of drug-likeness (QED) is 0.329. The standard InChI is InChI=1S/C35H48F3NO3Si/c1-22(2)31-30(32(40)24-10-12-25(13-11-24)35(36,37)38)28(23-14-18-41-19-15-23)29-26(39-31)20-34(16-8-9-17-34)21-27(29)42-43(6,7)33(3,4)5/h10-14,22,27,32,40H,8-9,15-21H2,1-7H3/t27?,32-/m1/s1. The van der Waals surface area contributed by atoms with Gasteiger partial charge in [-0.25, -0.2) is 0 Å². The first-order valence-corrected chi connectivity index (χ1v) is 18.8. The summed E-state index contributed by atoms with van der Waals surface area (Å²) in [4.78, 5) is 5.37. The normalized spacial score (nSPS) is 21.7. The van der Waals surface area contributed by atoms with Crippen LogP contribution in [0.3, 0.4) is 0 Å². The molecule has 1 aliphatic heterocycles. The molecule has 43 heavy (non-hydrogen) atoms. The zero-order valence-electron chi connectivity index (χ0n) is 26.8. The largest absolute Gasteiger partial charge is 0.416 e. The smallest absolute Gasteiger partial charge is 0.410 e. The minimum absolute atomic E-state index is 0.00445. The minimum Gasteiger partial charge on any atom is -0.410 e. The predicted octanol–water partition coefficient (Wildman–Crippen LogP) is 9.68. The average molecular weight is 616 g/mol. The lowest BCUT2D eigenvalue weighted by Gasteiger charge is -2.46. The fraction of sp³-hybridized carbons (Fsp3) is 0.629. The highest BCUT2D eigenvalue weighted by molar-refractivity contribution is 6.74. The van der Waals surface area contributed by atoms with E-state index >= 15 is 0 Å². The van der Waals surface area contributed by atoms with Gasteiger partial charge in [0.1, 0.15) is 6.10 Å². The molecule has 236 valence electrons. The molecule has 0 saturated heterocycles. The Morgan fingerprint density at radius 1 is 1.07 bits per heavy atom. The number of benzene rings is 1. The first-order chi connectivity index (χ1) is 20.0. The van der Waals surface area contributed by atoms with Crippen LogP contribution in [-0.4, -0.2) is 31.6 Å².